The number of nitrogens with zero attached hydrogens (tertiary/aromatic N) is 1. The zero-order valence-electron chi connectivity index (χ0n) is 19.0. The van der Waals surface area contributed by atoms with E-state index in [9.17, 15) is 9.59 Å². The molecule has 1 heterocycles. The number of halogens is 1. The van der Waals surface area contributed by atoms with Crippen LogP contribution in [-0.2, 0) is 17.8 Å². The van der Waals surface area contributed by atoms with Crippen molar-refractivity contribution in [3.05, 3.63) is 82.4 Å². The fourth-order valence-electron chi connectivity index (χ4n) is 3.87. The summed E-state index contributed by atoms with van der Waals surface area (Å²) in [6, 6.07) is 17.9. The molecule has 7 nitrogen and oxygen atoms in total. The second kappa shape index (κ2) is 10.5. The normalized spacial score (nSPS) is 12.7. The van der Waals surface area contributed by atoms with Crippen molar-refractivity contribution < 1.29 is 23.8 Å². The molecular formula is C26H25ClN2O5. The fourth-order valence-corrected chi connectivity index (χ4v) is 4.00. The molecule has 0 saturated carbocycles. The smallest absolute Gasteiger partial charge is 0.262 e. The van der Waals surface area contributed by atoms with Gasteiger partial charge in [0.05, 0.1) is 19.9 Å². The van der Waals surface area contributed by atoms with Gasteiger partial charge in [0, 0.05) is 35.3 Å². The van der Waals surface area contributed by atoms with Gasteiger partial charge in [0.25, 0.3) is 11.8 Å². The van der Waals surface area contributed by atoms with Gasteiger partial charge in [0.1, 0.15) is 17.2 Å². The number of hydrogen-bond donors (Lipinski definition) is 1. The van der Waals surface area contributed by atoms with Crippen LogP contribution in [0.3, 0.4) is 0 Å². The van der Waals surface area contributed by atoms with Crippen LogP contribution >= 0.6 is 11.6 Å². The number of ether oxygens (including phenoxy) is 3. The van der Waals surface area contributed by atoms with Crippen LogP contribution in [0.15, 0.2) is 60.7 Å². The van der Waals surface area contributed by atoms with Gasteiger partial charge >= 0.3 is 0 Å². The SMILES string of the molecule is COc1ccc(NC(=O)COc2cccc3c2CCN(Cc2ccc(Cl)cc2)C3=O)c(OC)c1. The predicted octanol–water partition coefficient (Wildman–Crippen LogP) is 4.57. The summed E-state index contributed by atoms with van der Waals surface area (Å²) < 4.78 is 16.3. The Hall–Kier alpha value is -3.71. The van der Waals surface area contributed by atoms with Crippen molar-refractivity contribution in [1.29, 1.82) is 0 Å². The zero-order valence-corrected chi connectivity index (χ0v) is 19.7. The van der Waals surface area contributed by atoms with E-state index >= 15 is 0 Å². The van der Waals surface area contributed by atoms with Crippen molar-refractivity contribution in [2.24, 2.45) is 0 Å². The highest BCUT2D eigenvalue weighted by Crippen LogP contribution is 2.30. The molecule has 2 amide bonds. The van der Waals surface area contributed by atoms with Gasteiger partial charge in [-0.15, -0.1) is 0 Å². The second-order valence-electron chi connectivity index (χ2n) is 7.79. The Morgan fingerprint density at radius 3 is 2.56 bits per heavy atom. The number of fused-ring (bicyclic) bond motifs is 1. The van der Waals surface area contributed by atoms with Crippen molar-refractivity contribution in [2.75, 3.05) is 32.7 Å². The van der Waals surface area contributed by atoms with Gasteiger partial charge in [-0.25, -0.2) is 0 Å². The second-order valence-corrected chi connectivity index (χ2v) is 8.22. The molecule has 0 spiro atoms. The van der Waals surface area contributed by atoms with E-state index in [0.29, 0.717) is 53.0 Å². The molecule has 0 aliphatic carbocycles. The van der Waals surface area contributed by atoms with Gasteiger partial charge in [-0.2, -0.15) is 0 Å². The van der Waals surface area contributed by atoms with Crippen molar-refractivity contribution in [2.45, 2.75) is 13.0 Å². The van der Waals surface area contributed by atoms with Gasteiger partial charge in [-0.05, 0) is 48.4 Å². The number of hydrogen-bond acceptors (Lipinski definition) is 5. The number of anilines is 1. The minimum atomic E-state index is -0.340. The maximum Gasteiger partial charge on any atom is 0.262 e. The largest absolute Gasteiger partial charge is 0.497 e. The minimum Gasteiger partial charge on any atom is -0.497 e. The maximum absolute atomic E-state index is 13.1. The molecule has 3 aromatic rings. The number of rotatable bonds is 8. The topological polar surface area (TPSA) is 77.1 Å². The zero-order chi connectivity index (χ0) is 24.1. The molecule has 8 heteroatoms. The van der Waals surface area contributed by atoms with Crippen LogP contribution in [0.2, 0.25) is 5.02 Å². The van der Waals surface area contributed by atoms with Crippen LogP contribution in [0.5, 0.6) is 17.2 Å². The van der Waals surface area contributed by atoms with Gasteiger partial charge in [0.2, 0.25) is 0 Å². The van der Waals surface area contributed by atoms with Crippen LogP contribution in [-0.4, -0.2) is 44.1 Å². The van der Waals surface area contributed by atoms with Gasteiger partial charge in [-0.1, -0.05) is 29.8 Å². The molecule has 0 bridgehead atoms. The number of amides is 2. The molecular weight excluding hydrogens is 456 g/mol. The molecule has 176 valence electrons. The first kappa shape index (κ1) is 23.4. The molecule has 4 rings (SSSR count). The van der Waals surface area contributed by atoms with Crippen molar-refractivity contribution in [1.82, 2.24) is 4.90 Å². The monoisotopic (exact) mass is 480 g/mol. The summed E-state index contributed by atoms with van der Waals surface area (Å²) in [6.45, 7) is 0.866. The molecule has 0 radical (unpaired) electrons. The highest BCUT2D eigenvalue weighted by Gasteiger charge is 2.27. The third kappa shape index (κ3) is 5.26. The number of carbonyl (C=O) groups is 2. The highest BCUT2D eigenvalue weighted by molar-refractivity contribution is 6.30. The Balaban J connectivity index is 1.41. The first-order valence-electron chi connectivity index (χ1n) is 10.8. The van der Waals surface area contributed by atoms with Crippen LogP contribution in [0.4, 0.5) is 5.69 Å². The average Bonchev–Trinajstić information content (AvgIpc) is 2.86. The average molecular weight is 481 g/mol. The van der Waals surface area contributed by atoms with E-state index in [1.54, 1.807) is 48.4 Å². The standard InChI is InChI=1S/C26H25ClN2O5/c1-32-19-10-11-22(24(14-19)33-2)28-25(30)16-34-23-5-3-4-21-20(23)12-13-29(26(21)31)15-17-6-8-18(27)9-7-17/h3-11,14H,12-13,15-16H2,1-2H3,(H,28,30). The van der Waals surface area contributed by atoms with Gasteiger partial charge < -0.3 is 24.4 Å². The van der Waals surface area contributed by atoms with Crippen molar-refractivity contribution in [3.63, 3.8) is 0 Å². The Bertz CT molecular complexity index is 1200. The Morgan fingerprint density at radius 1 is 1.03 bits per heavy atom. The number of nitrogens with one attached hydrogen (secondary N) is 1. The predicted molar refractivity (Wildman–Crippen MR) is 130 cm³/mol. The van der Waals surface area contributed by atoms with E-state index in [1.165, 1.54) is 7.11 Å². The lowest BCUT2D eigenvalue weighted by Gasteiger charge is -2.29. The van der Waals surface area contributed by atoms with E-state index in [4.69, 9.17) is 25.8 Å². The van der Waals surface area contributed by atoms with E-state index in [-0.39, 0.29) is 18.4 Å². The molecule has 0 unspecified atom stereocenters. The first-order valence-corrected chi connectivity index (χ1v) is 11.2. The van der Waals surface area contributed by atoms with Crippen LogP contribution in [0, 0.1) is 0 Å². The Labute approximate surface area is 203 Å². The molecule has 0 fully saturated rings. The quantitative estimate of drug-likeness (QED) is 0.511. The third-order valence-corrected chi connectivity index (χ3v) is 5.86. The Morgan fingerprint density at radius 2 is 1.82 bits per heavy atom. The summed E-state index contributed by atoms with van der Waals surface area (Å²) >= 11 is 5.96. The van der Waals surface area contributed by atoms with Gasteiger partial charge in [0.15, 0.2) is 6.61 Å². The van der Waals surface area contributed by atoms with Crippen molar-refractivity contribution in [3.8, 4) is 17.2 Å². The Kier molecular flexibility index (Phi) is 7.23. The molecule has 1 N–H and O–H groups in total. The maximum atomic E-state index is 13.1. The summed E-state index contributed by atoms with van der Waals surface area (Å²) in [5.41, 5.74) is 2.93. The molecule has 0 aromatic heterocycles. The molecule has 0 atom stereocenters. The minimum absolute atomic E-state index is 0.0610. The van der Waals surface area contributed by atoms with Crippen molar-refractivity contribution >= 4 is 29.1 Å². The first-order chi connectivity index (χ1) is 16.5. The highest BCUT2D eigenvalue weighted by atomic mass is 35.5. The van der Waals surface area contributed by atoms with E-state index in [2.05, 4.69) is 5.32 Å². The summed E-state index contributed by atoms with van der Waals surface area (Å²) in [6.07, 6.45) is 0.638. The number of methoxy groups -OCH3 is 2. The van der Waals surface area contributed by atoms with Crippen LogP contribution < -0.4 is 19.5 Å². The fraction of sp³-hybridized carbons (Fsp3) is 0.231. The van der Waals surface area contributed by atoms with E-state index < -0.39 is 0 Å². The number of benzene rings is 3. The molecule has 1 aliphatic rings. The molecule has 0 saturated heterocycles. The van der Waals surface area contributed by atoms with Crippen LogP contribution in [0.25, 0.3) is 0 Å². The molecule has 3 aromatic carbocycles. The lowest BCUT2D eigenvalue weighted by Crippen LogP contribution is -2.37. The summed E-state index contributed by atoms with van der Waals surface area (Å²) in [4.78, 5) is 27.4. The van der Waals surface area contributed by atoms with Crippen LogP contribution in [0.1, 0.15) is 21.5 Å². The summed E-state index contributed by atoms with van der Waals surface area (Å²) in [7, 11) is 3.08. The molecule has 34 heavy (non-hydrogen) atoms. The summed E-state index contributed by atoms with van der Waals surface area (Å²) in [5, 5.41) is 3.44. The summed E-state index contributed by atoms with van der Waals surface area (Å²) in [5.74, 6) is 1.24. The van der Waals surface area contributed by atoms with E-state index in [1.807, 2.05) is 24.3 Å². The third-order valence-electron chi connectivity index (χ3n) is 5.61. The van der Waals surface area contributed by atoms with Gasteiger partial charge in [-0.3, -0.25) is 9.59 Å². The lowest BCUT2D eigenvalue weighted by atomic mass is 9.97. The van der Waals surface area contributed by atoms with E-state index in [0.717, 1.165) is 11.1 Å². The molecule has 1 aliphatic heterocycles. The lowest BCUT2D eigenvalue weighted by molar-refractivity contribution is -0.118. The number of carbonyl (C=O) groups excluding carboxylic acids is 2.